The Morgan fingerprint density at radius 2 is 1.09 bits per heavy atom. The van der Waals surface area contributed by atoms with Gasteiger partial charge in [0.1, 0.15) is 0 Å². The molecule has 0 amide bonds. The molecular formula is C30H20BrN. The van der Waals surface area contributed by atoms with Crippen LogP contribution in [-0.4, -0.2) is 4.57 Å². The van der Waals surface area contributed by atoms with Gasteiger partial charge < -0.3 is 4.57 Å². The average Bonchev–Trinajstić information content (AvgIpc) is 3.19. The van der Waals surface area contributed by atoms with Crippen LogP contribution in [0.2, 0.25) is 0 Å². The minimum atomic E-state index is 1.10. The first kappa shape index (κ1) is 19.1. The van der Waals surface area contributed by atoms with Crippen LogP contribution in [0.25, 0.3) is 49.7 Å². The van der Waals surface area contributed by atoms with Crippen molar-refractivity contribution in [1.82, 2.24) is 4.57 Å². The summed E-state index contributed by atoms with van der Waals surface area (Å²) in [4.78, 5) is 0. The molecule has 0 saturated heterocycles. The number of para-hydroxylation sites is 2. The van der Waals surface area contributed by atoms with Crippen molar-refractivity contribution < 1.29 is 0 Å². The number of benzene rings is 5. The Balaban J connectivity index is 1.50. The van der Waals surface area contributed by atoms with Gasteiger partial charge in [-0.3, -0.25) is 0 Å². The van der Waals surface area contributed by atoms with Gasteiger partial charge in [-0.15, -0.1) is 0 Å². The second-order valence-corrected chi connectivity index (χ2v) is 8.84. The van der Waals surface area contributed by atoms with E-state index in [1.54, 1.807) is 0 Å². The SMILES string of the molecule is Brc1cc(-c2ccccc2)ccc1-c1cccc(-n2c3ccccc3c3ccccc32)c1. The molecular weight excluding hydrogens is 454 g/mol. The van der Waals surface area contributed by atoms with Gasteiger partial charge in [0.05, 0.1) is 11.0 Å². The molecule has 0 aliphatic carbocycles. The van der Waals surface area contributed by atoms with Crippen molar-refractivity contribution in [1.29, 1.82) is 0 Å². The van der Waals surface area contributed by atoms with Gasteiger partial charge in [-0.1, -0.05) is 107 Å². The molecule has 0 aliphatic heterocycles. The van der Waals surface area contributed by atoms with E-state index in [4.69, 9.17) is 0 Å². The third-order valence-electron chi connectivity index (χ3n) is 6.07. The minimum absolute atomic E-state index is 1.10. The van der Waals surface area contributed by atoms with Gasteiger partial charge in [0.15, 0.2) is 0 Å². The molecule has 0 aliphatic rings. The molecule has 0 bridgehead atoms. The zero-order valence-electron chi connectivity index (χ0n) is 17.4. The lowest BCUT2D eigenvalue weighted by Gasteiger charge is -2.12. The minimum Gasteiger partial charge on any atom is -0.309 e. The zero-order valence-corrected chi connectivity index (χ0v) is 19.0. The number of hydrogen-bond donors (Lipinski definition) is 0. The molecule has 5 aromatic carbocycles. The number of nitrogens with zero attached hydrogens (tertiary/aromatic N) is 1. The van der Waals surface area contributed by atoms with E-state index in [0.717, 1.165) is 4.47 Å². The smallest absolute Gasteiger partial charge is 0.0541 e. The summed E-state index contributed by atoms with van der Waals surface area (Å²) in [6, 6.07) is 43.1. The van der Waals surface area contributed by atoms with Crippen molar-refractivity contribution in [3.05, 3.63) is 126 Å². The molecule has 1 aromatic heterocycles. The van der Waals surface area contributed by atoms with Crippen LogP contribution in [0.1, 0.15) is 0 Å². The third kappa shape index (κ3) is 3.16. The summed E-state index contributed by atoms with van der Waals surface area (Å²) in [7, 11) is 0. The lowest BCUT2D eigenvalue weighted by atomic mass is 10.00. The van der Waals surface area contributed by atoms with Crippen LogP contribution in [0.5, 0.6) is 0 Å². The Labute approximate surface area is 195 Å². The maximum atomic E-state index is 3.83. The van der Waals surface area contributed by atoms with Gasteiger partial charge >= 0.3 is 0 Å². The van der Waals surface area contributed by atoms with Crippen LogP contribution in [0, 0.1) is 0 Å². The second kappa shape index (κ2) is 7.81. The molecule has 0 unspecified atom stereocenters. The first-order chi connectivity index (χ1) is 15.8. The largest absolute Gasteiger partial charge is 0.309 e. The number of rotatable bonds is 3. The Morgan fingerprint density at radius 1 is 0.469 bits per heavy atom. The van der Waals surface area contributed by atoms with Crippen LogP contribution in [0.4, 0.5) is 0 Å². The predicted molar refractivity (Wildman–Crippen MR) is 139 cm³/mol. The maximum absolute atomic E-state index is 3.83. The highest BCUT2D eigenvalue weighted by molar-refractivity contribution is 9.10. The van der Waals surface area contributed by atoms with E-state index in [-0.39, 0.29) is 0 Å². The van der Waals surface area contributed by atoms with Crippen molar-refractivity contribution in [3.63, 3.8) is 0 Å². The maximum Gasteiger partial charge on any atom is 0.0541 e. The van der Waals surface area contributed by atoms with E-state index >= 15 is 0 Å². The zero-order chi connectivity index (χ0) is 21.5. The molecule has 0 radical (unpaired) electrons. The van der Waals surface area contributed by atoms with E-state index in [1.165, 1.54) is 49.7 Å². The van der Waals surface area contributed by atoms with Crippen molar-refractivity contribution in [3.8, 4) is 27.9 Å². The Bertz CT molecular complexity index is 1520. The van der Waals surface area contributed by atoms with Crippen LogP contribution in [0.3, 0.4) is 0 Å². The fourth-order valence-corrected chi connectivity index (χ4v) is 5.18. The molecule has 1 nitrogen and oxygen atoms in total. The summed E-state index contributed by atoms with van der Waals surface area (Å²) in [5.41, 5.74) is 8.43. The van der Waals surface area contributed by atoms with E-state index < -0.39 is 0 Å². The molecule has 32 heavy (non-hydrogen) atoms. The fourth-order valence-electron chi connectivity index (χ4n) is 4.57. The Hall–Kier alpha value is -3.62. The highest BCUT2D eigenvalue weighted by Crippen LogP contribution is 2.36. The summed E-state index contributed by atoms with van der Waals surface area (Å²) in [5, 5.41) is 2.56. The van der Waals surface area contributed by atoms with E-state index in [9.17, 15) is 0 Å². The third-order valence-corrected chi connectivity index (χ3v) is 6.73. The number of hydrogen-bond acceptors (Lipinski definition) is 0. The van der Waals surface area contributed by atoms with E-state index in [0.29, 0.717) is 0 Å². The Morgan fingerprint density at radius 3 is 1.78 bits per heavy atom. The van der Waals surface area contributed by atoms with Crippen LogP contribution < -0.4 is 0 Å². The summed E-state index contributed by atoms with van der Waals surface area (Å²) < 4.78 is 3.46. The highest BCUT2D eigenvalue weighted by Gasteiger charge is 2.13. The van der Waals surface area contributed by atoms with Gasteiger partial charge in [-0.05, 0) is 52.6 Å². The lowest BCUT2D eigenvalue weighted by Crippen LogP contribution is -1.94. The molecule has 0 N–H and O–H groups in total. The van der Waals surface area contributed by atoms with Gasteiger partial charge in [0.25, 0.3) is 0 Å². The normalized spacial score (nSPS) is 11.3. The lowest BCUT2D eigenvalue weighted by molar-refractivity contribution is 1.18. The van der Waals surface area contributed by atoms with Crippen molar-refractivity contribution in [2.45, 2.75) is 0 Å². The molecule has 6 rings (SSSR count). The summed E-state index contributed by atoms with van der Waals surface area (Å²) in [6.45, 7) is 0. The molecule has 0 spiro atoms. The number of aromatic nitrogens is 1. The summed E-state index contributed by atoms with van der Waals surface area (Å²) in [5.74, 6) is 0. The van der Waals surface area contributed by atoms with E-state index in [2.05, 4.69) is 136 Å². The average molecular weight is 474 g/mol. The molecule has 0 fully saturated rings. The highest BCUT2D eigenvalue weighted by atomic mass is 79.9. The van der Waals surface area contributed by atoms with Gasteiger partial charge in [-0.25, -0.2) is 0 Å². The second-order valence-electron chi connectivity index (χ2n) is 7.98. The molecule has 1 heterocycles. The van der Waals surface area contributed by atoms with Crippen LogP contribution in [-0.2, 0) is 0 Å². The predicted octanol–water partition coefficient (Wildman–Crippen LogP) is 8.88. The monoisotopic (exact) mass is 473 g/mol. The quantitative estimate of drug-likeness (QED) is 0.241. The fraction of sp³-hybridized carbons (Fsp3) is 0. The summed E-state index contributed by atoms with van der Waals surface area (Å²) in [6.07, 6.45) is 0. The number of fused-ring (bicyclic) bond motifs is 3. The Kier molecular flexibility index (Phi) is 4.66. The van der Waals surface area contributed by atoms with E-state index in [1.807, 2.05) is 6.07 Å². The molecule has 2 heteroatoms. The molecule has 152 valence electrons. The van der Waals surface area contributed by atoms with Gasteiger partial charge in [-0.2, -0.15) is 0 Å². The van der Waals surface area contributed by atoms with Crippen molar-refractivity contribution in [2.24, 2.45) is 0 Å². The molecule has 6 aromatic rings. The van der Waals surface area contributed by atoms with Crippen LogP contribution in [0.15, 0.2) is 126 Å². The summed E-state index contributed by atoms with van der Waals surface area (Å²) >= 11 is 3.83. The van der Waals surface area contributed by atoms with Gasteiger partial charge in [0, 0.05) is 20.9 Å². The molecule has 0 atom stereocenters. The molecule has 0 saturated carbocycles. The first-order valence-electron chi connectivity index (χ1n) is 10.7. The first-order valence-corrected chi connectivity index (χ1v) is 11.5. The topological polar surface area (TPSA) is 4.93 Å². The van der Waals surface area contributed by atoms with Crippen molar-refractivity contribution >= 4 is 37.7 Å². The standard InChI is InChI=1S/C30H20BrN/c31-28-20-22(21-9-2-1-3-10-21)17-18-25(28)23-11-8-12-24(19-23)32-29-15-6-4-13-26(29)27-14-5-7-16-30(27)32/h1-20H. The van der Waals surface area contributed by atoms with Crippen molar-refractivity contribution in [2.75, 3.05) is 0 Å². The van der Waals surface area contributed by atoms with Crippen LogP contribution >= 0.6 is 15.9 Å². The van der Waals surface area contributed by atoms with Gasteiger partial charge in [0.2, 0.25) is 0 Å². The number of halogens is 1.